The largest absolute Gasteiger partial charge is 0.270 e. The molecule has 3 aromatic rings. The predicted octanol–water partition coefficient (Wildman–Crippen LogP) is 4.74. The second-order valence-electron chi connectivity index (χ2n) is 6.70. The van der Waals surface area contributed by atoms with Gasteiger partial charge in [0.05, 0.1) is 11.4 Å². The van der Waals surface area contributed by atoms with E-state index in [9.17, 15) is 9.59 Å². The summed E-state index contributed by atoms with van der Waals surface area (Å²) >= 11 is 5.58. The van der Waals surface area contributed by atoms with Gasteiger partial charge >= 0.3 is 0 Å². The zero-order chi connectivity index (χ0) is 20.4. The lowest BCUT2D eigenvalue weighted by Gasteiger charge is -2.36. The normalized spacial score (nSPS) is 14.4. The first-order valence-corrected chi connectivity index (χ1v) is 9.58. The summed E-state index contributed by atoms with van der Waals surface area (Å²) in [4.78, 5) is 29.4. The molecular formula is C24H18N2O2S. The molecule has 0 bridgehead atoms. The van der Waals surface area contributed by atoms with Crippen LogP contribution in [0.2, 0.25) is 0 Å². The quantitative estimate of drug-likeness (QED) is 0.363. The van der Waals surface area contributed by atoms with Crippen LogP contribution >= 0.6 is 12.2 Å². The molecule has 2 amide bonds. The van der Waals surface area contributed by atoms with E-state index in [0.29, 0.717) is 11.4 Å². The number of rotatable bonds is 3. The molecule has 0 atom stereocenters. The summed E-state index contributed by atoms with van der Waals surface area (Å²) in [5, 5.41) is 0.137. The van der Waals surface area contributed by atoms with Gasteiger partial charge in [-0.25, -0.2) is 0 Å². The van der Waals surface area contributed by atoms with Gasteiger partial charge in [0.15, 0.2) is 5.11 Å². The Morgan fingerprint density at radius 1 is 0.690 bits per heavy atom. The summed E-state index contributed by atoms with van der Waals surface area (Å²) in [5.41, 5.74) is 3.18. The Hall–Kier alpha value is -3.57. The maximum absolute atomic E-state index is 13.3. The van der Waals surface area contributed by atoms with Gasteiger partial charge in [-0.2, -0.15) is 0 Å². The van der Waals surface area contributed by atoms with Gasteiger partial charge in [-0.05, 0) is 55.0 Å². The average Bonchev–Trinajstić information content (AvgIpc) is 2.74. The minimum absolute atomic E-state index is 0.0650. The molecule has 0 radical (unpaired) electrons. The molecule has 0 saturated carbocycles. The molecule has 0 aromatic heterocycles. The number of carbonyl (C=O) groups excluding carboxylic acids is 2. The highest BCUT2D eigenvalue weighted by Gasteiger charge is 2.41. The molecule has 1 aliphatic rings. The van der Waals surface area contributed by atoms with E-state index in [-0.39, 0.29) is 10.7 Å². The molecule has 0 N–H and O–H groups in total. The van der Waals surface area contributed by atoms with Gasteiger partial charge in [0.1, 0.15) is 5.57 Å². The highest BCUT2D eigenvalue weighted by Crippen LogP contribution is 2.29. The summed E-state index contributed by atoms with van der Waals surface area (Å²) in [6.07, 6.45) is 1.62. The zero-order valence-corrected chi connectivity index (χ0v) is 16.6. The first-order valence-electron chi connectivity index (χ1n) is 9.17. The lowest BCUT2D eigenvalue weighted by Crippen LogP contribution is -2.56. The van der Waals surface area contributed by atoms with Crippen molar-refractivity contribution >= 4 is 46.6 Å². The Bertz CT molecular complexity index is 1040. The maximum Gasteiger partial charge on any atom is 0.270 e. The minimum Gasteiger partial charge on any atom is -0.268 e. The number of nitrogens with zero attached hydrogens (tertiary/aromatic N) is 2. The predicted molar refractivity (Wildman–Crippen MR) is 120 cm³/mol. The van der Waals surface area contributed by atoms with Crippen LogP contribution in [0.25, 0.3) is 6.08 Å². The second-order valence-corrected chi connectivity index (χ2v) is 7.07. The van der Waals surface area contributed by atoms with Crippen molar-refractivity contribution < 1.29 is 9.59 Å². The van der Waals surface area contributed by atoms with Crippen LogP contribution in [0.1, 0.15) is 11.1 Å². The van der Waals surface area contributed by atoms with Crippen molar-refractivity contribution in [1.82, 2.24) is 0 Å². The third-order valence-corrected chi connectivity index (χ3v) is 5.03. The fourth-order valence-electron chi connectivity index (χ4n) is 3.17. The molecule has 4 nitrogen and oxygen atoms in total. The highest BCUT2D eigenvalue weighted by molar-refractivity contribution is 7.81. The van der Waals surface area contributed by atoms with Crippen LogP contribution in [-0.2, 0) is 9.59 Å². The van der Waals surface area contributed by atoms with E-state index >= 15 is 0 Å². The van der Waals surface area contributed by atoms with Crippen LogP contribution < -0.4 is 9.80 Å². The molecule has 4 rings (SSSR count). The third kappa shape index (κ3) is 3.60. The first-order chi connectivity index (χ1) is 14.1. The number of hydrogen-bond donors (Lipinski definition) is 0. The molecule has 0 aliphatic carbocycles. The number of thiocarbonyl (C=S) groups is 1. The number of amides is 2. The Labute approximate surface area is 174 Å². The number of benzene rings is 3. The molecule has 1 saturated heterocycles. The topological polar surface area (TPSA) is 40.6 Å². The summed E-state index contributed by atoms with van der Waals surface area (Å²) < 4.78 is 0. The summed E-state index contributed by atoms with van der Waals surface area (Å²) in [7, 11) is 0. The van der Waals surface area contributed by atoms with Crippen LogP contribution in [0.3, 0.4) is 0 Å². The zero-order valence-electron chi connectivity index (χ0n) is 15.8. The second kappa shape index (κ2) is 7.81. The van der Waals surface area contributed by atoms with Crippen LogP contribution in [-0.4, -0.2) is 16.9 Å². The molecule has 0 spiro atoms. The van der Waals surface area contributed by atoms with Crippen molar-refractivity contribution in [2.45, 2.75) is 6.92 Å². The molecule has 29 heavy (non-hydrogen) atoms. The molecular weight excluding hydrogens is 380 g/mol. The van der Waals surface area contributed by atoms with Crippen molar-refractivity contribution in [2.24, 2.45) is 0 Å². The first kappa shape index (κ1) is 18.8. The van der Waals surface area contributed by atoms with E-state index in [1.807, 2.05) is 67.6 Å². The number of hydrogen-bond acceptors (Lipinski definition) is 3. The molecule has 1 aliphatic heterocycles. The summed E-state index contributed by atoms with van der Waals surface area (Å²) in [6.45, 7) is 1.99. The van der Waals surface area contributed by atoms with Crippen molar-refractivity contribution in [3.8, 4) is 0 Å². The fourth-order valence-corrected chi connectivity index (χ4v) is 3.55. The molecule has 1 fully saturated rings. The minimum atomic E-state index is -0.432. The van der Waals surface area contributed by atoms with E-state index in [1.165, 1.54) is 9.80 Å². The summed E-state index contributed by atoms with van der Waals surface area (Å²) in [6, 6.07) is 25.9. The lowest BCUT2D eigenvalue weighted by molar-refractivity contribution is -0.120. The van der Waals surface area contributed by atoms with Gasteiger partial charge in [0.2, 0.25) is 0 Å². The highest BCUT2D eigenvalue weighted by atomic mass is 32.1. The van der Waals surface area contributed by atoms with Crippen LogP contribution in [0.15, 0.2) is 90.5 Å². The van der Waals surface area contributed by atoms with Gasteiger partial charge in [-0.15, -0.1) is 0 Å². The Balaban J connectivity index is 1.86. The van der Waals surface area contributed by atoms with E-state index in [0.717, 1.165) is 11.1 Å². The van der Waals surface area contributed by atoms with Gasteiger partial charge < -0.3 is 0 Å². The van der Waals surface area contributed by atoms with Crippen LogP contribution in [0, 0.1) is 6.92 Å². The smallest absolute Gasteiger partial charge is 0.268 e. The molecule has 5 heteroatoms. The monoisotopic (exact) mass is 398 g/mol. The van der Waals surface area contributed by atoms with Crippen molar-refractivity contribution in [3.05, 3.63) is 102 Å². The van der Waals surface area contributed by atoms with Gasteiger partial charge in [0, 0.05) is 0 Å². The Morgan fingerprint density at radius 2 is 1.14 bits per heavy atom. The molecule has 3 aromatic carbocycles. The number of anilines is 2. The standard InChI is InChI=1S/C24H18N2O2S/c1-17-12-14-18(15-13-17)16-21-22(27)25(19-8-4-2-5-9-19)24(29)26(23(21)28)20-10-6-3-7-11-20/h2-16H,1H3. The Kier molecular flexibility index (Phi) is 5.06. The van der Waals surface area contributed by atoms with Crippen LogP contribution in [0.4, 0.5) is 11.4 Å². The lowest BCUT2D eigenvalue weighted by atomic mass is 10.0. The van der Waals surface area contributed by atoms with Crippen molar-refractivity contribution in [1.29, 1.82) is 0 Å². The number of para-hydroxylation sites is 2. The molecule has 1 heterocycles. The van der Waals surface area contributed by atoms with E-state index in [4.69, 9.17) is 12.2 Å². The van der Waals surface area contributed by atoms with Crippen molar-refractivity contribution in [3.63, 3.8) is 0 Å². The summed E-state index contributed by atoms with van der Waals surface area (Å²) in [5.74, 6) is -0.863. The number of aryl methyl sites for hydroxylation is 1. The van der Waals surface area contributed by atoms with E-state index in [2.05, 4.69) is 0 Å². The van der Waals surface area contributed by atoms with Gasteiger partial charge in [-0.3, -0.25) is 19.4 Å². The van der Waals surface area contributed by atoms with E-state index in [1.54, 1.807) is 30.3 Å². The van der Waals surface area contributed by atoms with E-state index < -0.39 is 11.8 Å². The van der Waals surface area contributed by atoms with Gasteiger partial charge in [0.25, 0.3) is 11.8 Å². The number of carbonyl (C=O) groups is 2. The van der Waals surface area contributed by atoms with Crippen molar-refractivity contribution in [2.75, 3.05) is 9.80 Å². The average molecular weight is 398 g/mol. The van der Waals surface area contributed by atoms with Crippen LogP contribution in [0.5, 0.6) is 0 Å². The SMILES string of the molecule is Cc1ccc(C=C2C(=O)N(c3ccccc3)C(=S)N(c3ccccc3)C2=O)cc1. The fraction of sp³-hybridized carbons (Fsp3) is 0.0417. The maximum atomic E-state index is 13.3. The van der Waals surface area contributed by atoms with Gasteiger partial charge in [-0.1, -0.05) is 66.2 Å². The molecule has 142 valence electrons. The molecule has 0 unspecified atom stereocenters. The third-order valence-electron chi connectivity index (χ3n) is 4.67. The Morgan fingerprint density at radius 3 is 1.59 bits per heavy atom.